The normalized spacial score (nSPS) is 18.6. The second kappa shape index (κ2) is 10.7. The lowest BCUT2D eigenvalue weighted by Gasteiger charge is -2.10. The number of halogens is 8. The number of Topliss-reactive ketones (excluding diaryl/α,β-unsaturated/α-hetero) is 1. The third kappa shape index (κ3) is 7.17. The number of nitrogens with one attached hydrogen (secondary N) is 2. The topological polar surface area (TPSA) is 75.3 Å². The minimum absolute atomic E-state index is 0.00920. The largest absolute Gasteiger partial charge is 0.405 e. The van der Waals surface area contributed by atoms with Crippen molar-refractivity contribution in [3.63, 3.8) is 0 Å². The molecule has 0 radical (unpaired) electrons. The van der Waals surface area contributed by atoms with Crippen molar-refractivity contribution < 1.29 is 27.6 Å². The Labute approximate surface area is 223 Å². The Morgan fingerprint density at radius 2 is 1.57 bits per heavy atom. The molecule has 0 aliphatic heterocycles. The van der Waals surface area contributed by atoms with Crippen molar-refractivity contribution in [2.24, 2.45) is 5.92 Å². The number of alkyl halides is 5. The highest BCUT2D eigenvalue weighted by molar-refractivity contribution is 6.53. The summed E-state index contributed by atoms with van der Waals surface area (Å²) in [6, 6.07) is 8.85. The summed E-state index contributed by atoms with van der Waals surface area (Å²) >= 11 is 30.8. The molecule has 0 spiro atoms. The van der Waals surface area contributed by atoms with Crippen molar-refractivity contribution in [2.45, 2.75) is 29.3 Å². The van der Waals surface area contributed by atoms with Crippen molar-refractivity contribution in [1.29, 1.82) is 0 Å². The molecule has 2 amide bonds. The fourth-order valence-corrected chi connectivity index (χ4v) is 5.10. The summed E-state index contributed by atoms with van der Waals surface area (Å²) in [5.74, 6) is -3.46. The van der Waals surface area contributed by atoms with Gasteiger partial charge in [0.15, 0.2) is 5.78 Å². The molecular weight excluding hydrogens is 575 g/mol. The van der Waals surface area contributed by atoms with E-state index < -0.39 is 52.9 Å². The van der Waals surface area contributed by atoms with Crippen molar-refractivity contribution in [2.75, 3.05) is 11.9 Å². The van der Waals surface area contributed by atoms with E-state index in [4.69, 9.17) is 58.0 Å². The van der Waals surface area contributed by atoms with Crippen LogP contribution in [0.2, 0.25) is 15.1 Å². The number of carbonyl (C=O) groups excluding carboxylic acids is 3. The van der Waals surface area contributed by atoms with Crippen molar-refractivity contribution in [1.82, 2.24) is 5.32 Å². The molecule has 2 aromatic rings. The molecule has 1 aliphatic carbocycles. The Kier molecular flexibility index (Phi) is 8.54. The molecule has 2 aromatic carbocycles. The summed E-state index contributed by atoms with van der Waals surface area (Å²) in [6.07, 6.45) is -5.40. The van der Waals surface area contributed by atoms with E-state index in [0.29, 0.717) is 15.6 Å². The molecule has 5 nitrogen and oxygen atoms in total. The van der Waals surface area contributed by atoms with Gasteiger partial charge in [-0.3, -0.25) is 14.4 Å². The molecule has 2 unspecified atom stereocenters. The van der Waals surface area contributed by atoms with Crippen LogP contribution in [0.1, 0.15) is 34.7 Å². The van der Waals surface area contributed by atoms with Crippen molar-refractivity contribution in [3.8, 4) is 0 Å². The number of rotatable bonds is 8. The molecule has 0 heterocycles. The van der Waals surface area contributed by atoms with Crippen molar-refractivity contribution in [3.05, 3.63) is 62.6 Å². The highest BCUT2D eigenvalue weighted by Gasteiger charge is 2.67. The first kappa shape index (κ1) is 27.9. The molecule has 2 N–H and O–H groups in total. The maximum absolute atomic E-state index is 12.9. The molecule has 0 bridgehead atoms. The van der Waals surface area contributed by atoms with Crippen LogP contribution in [0.15, 0.2) is 36.4 Å². The van der Waals surface area contributed by atoms with E-state index in [1.165, 1.54) is 24.3 Å². The second-order valence-electron chi connectivity index (χ2n) is 7.83. The van der Waals surface area contributed by atoms with Gasteiger partial charge in [0.05, 0.1) is 10.9 Å². The Morgan fingerprint density at radius 1 is 0.943 bits per heavy atom. The zero-order valence-electron chi connectivity index (χ0n) is 17.5. The van der Waals surface area contributed by atoms with E-state index in [9.17, 15) is 27.6 Å². The van der Waals surface area contributed by atoms with Gasteiger partial charge in [-0.1, -0.05) is 34.8 Å². The smallest absolute Gasteiger partial charge is 0.347 e. The maximum atomic E-state index is 12.9. The van der Waals surface area contributed by atoms with Gasteiger partial charge in [-0.05, 0) is 42.0 Å². The lowest BCUT2D eigenvalue weighted by molar-refractivity contribution is -0.138. The van der Waals surface area contributed by atoms with E-state index in [1.807, 2.05) is 0 Å². The molecule has 1 fully saturated rings. The lowest BCUT2D eigenvalue weighted by Crippen LogP contribution is -2.33. The van der Waals surface area contributed by atoms with Gasteiger partial charge in [-0.2, -0.15) is 13.2 Å². The van der Waals surface area contributed by atoms with Crippen molar-refractivity contribution >= 4 is 81.3 Å². The van der Waals surface area contributed by atoms with E-state index >= 15 is 0 Å². The number of hydrogen-bond acceptors (Lipinski definition) is 3. The van der Waals surface area contributed by atoms with Gasteiger partial charge in [-0.25, -0.2) is 0 Å². The number of benzene rings is 2. The van der Waals surface area contributed by atoms with Crippen LogP contribution in [0.4, 0.5) is 18.9 Å². The maximum Gasteiger partial charge on any atom is 0.405 e. The van der Waals surface area contributed by atoms with Gasteiger partial charge in [0.1, 0.15) is 10.9 Å². The van der Waals surface area contributed by atoms with Gasteiger partial charge in [0, 0.05) is 40.1 Å². The summed E-state index contributed by atoms with van der Waals surface area (Å²) in [4.78, 5) is 36.9. The SMILES string of the molecule is O=C(CCC(=O)c1cc(NC(=O)C2C(c3cc(Cl)cc(Cl)c3)C2(Cl)Cl)ccc1Cl)NCC(F)(F)F. The van der Waals surface area contributed by atoms with Crippen LogP contribution >= 0.6 is 58.0 Å². The van der Waals surface area contributed by atoms with Gasteiger partial charge in [-0.15, -0.1) is 23.2 Å². The molecule has 188 valence electrons. The fraction of sp³-hybridized carbons (Fsp3) is 0.318. The third-order valence-electron chi connectivity index (χ3n) is 5.18. The quantitative estimate of drug-likeness (QED) is 0.262. The van der Waals surface area contributed by atoms with Crippen LogP contribution in [-0.4, -0.2) is 34.7 Å². The molecule has 35 heavy (non-hydrogen) atoms. The first-order valence-electron chi connectivity index (χ1n) is 10.00. The first-order chi connectivity index (χ1) is 16.2. The molecule has 1 saturated carbocycles. The minimum atomic E-state index is -4.56. The molecule has 3 rings (SSSR count). The van der Waals surface area contributed by atoms with E-state index in [-0.39, 0.29) is 22.7 Å². The third-order valence-corrected chi connectivity index (χ3v) is 6.89. The standard InChI is InChI=1S/C22H16Cl5F3N2O3/c23-11-5-10(6-12(24)7-11)18-19(22(18,26)27)20(35)32-13-1-2-15(25)14(8-13)16(33)3-4-17(34)31-9-21(28,29)30/h1-2,5-8,18-19H,3-4,9H2,(H,31,34)(H,32,35). The molecule has 2 atom stereocenters. The Balaban J connectivity index is 1.66. The molecule has 0 aromatic heterocycles. The van der Waals surface area contributed by atoms with Gasteiger partial charge >= 0.3 is 6.18 Å². The minimum Gasteiger partial charge on any atom is -0.347 e. The van der Waals surface area contributed by atoms with Gasteiger partial charge < -0.3 is 10.6 Å². The van der Waals surface area contributed by atoms with Crippen LogP contribution < -0.4 is 10.6 Å². The summed E-state index contributed by atoms with van der Waals surface area (Å²) in [6.45, 7) is -1.49. The van der Waals surface area contributed by atoms with Crippen LogP contribution in [0.3, 0.4) is 0 Å². The predicted octanol–water partition coefficient (Wildman–Crippen LogP) is 6.81. The number of anilines is 1. The van der Waals surface area contributed by atoms with E-state index in [1.54, 1.807) is 17.4 Å². The molecule has 0 saturated heterocycles. The number of amides is 2. The van der Waals surface area contributed by atoms with Crippen LogP contribution in [0, 0.1) is 5.92 Å². The van der Waals surface area contributed by atoms with E-state index in [0.717, 1.165) is 0 Å². The Bertz CT molecular complexity index is 1150. The summed E-state index contributed by atoms with van der Waals surface area (Å²) in [5, 5.41) is 5.07. The summed E-state index contributed by atoms with van der Waals surface area (Å²) in [5.41, 5.74) is 0.789. The zero-order chi connectivity index (χ0) is 26.1. The highest BCUT2D eigenvalue weighted by atomic mass is 35.5. The Hall–Kier alpha value is -1.71. The molecular formula is C22H16Cl5F3N2O3. The molecule has 1 aliphatic rings. The van der Waals surface area contributed by atoms with Crippen LogP contribution in [0.5, 0.6) is 0 Å². The second-order valence-corrected chi connectivity index (χ2v) is 10.6. The van der Waals surface area contributed by atoms with E-state index in [2.05, 4.69) is 5.32 Å². The monoisotopic (exact) mass is 588 g/mol. The number of ketones is 1. The number of hydrogen-bond donors (Lipinski definition) is 2. The summed E-state index contributed by atoms with van der Waals surface area (Å²) in [7, 11) is 0. The molecule has 13 heteroatoms. The predicted molar refractivity (Wildman–Crippen MR) is 130 cm³/mol. The highest BCUT2D eigenvalue weighted by Crippen LogP contribution is 2.65. The zero-order valence-corrected chi connectivity index (χ0v) is 21.3. The fourth-order valence-electron chi connectivity index (χ4n) is 3.51. The number of carbonyl (C=O) groups is 3. The lowest BCUT2D eigenvalue weighted by atomic mass is 10.1. The summed E-state index contributed by atoms with van der Waals surface area (Å²) < 4.78 is 35.1. The van der Waals surface area contributed by atoms with Gasteiger partial charge in [0.25, 0.3) is 0 Å². The van der Waals surface area contributed by atoms with Crippen LogP contribution in [0.25, 0.3) is 0 Å². The van der Waals surface area contributed by atoms with Gasteiger partial charge in [0.2, 0.25) is 11.8 Å². The Morgan fingerprint density at radius 3 is 2.17 bits per heavy atom. The first-order valence-corrected chi connectivity index (χ1v) is 11.9. The average molecular weight is 591 g/mol. The van der Waals surface area contributed by atoms with Crippen LogP contribution in [-0.2, 0) is 9.59 Å². The average Bonchev–Trinajstić information content (AvgIpc) is 3.32.